The summed E-state index contributed by atoms with van der Waals surface area (Å²) < 4.78 is 2.17. The van der Waals surface area contributed by atoms with Gasteiger partial charge < -0.3 is 9.47 Å². The van der Waals surface area contributed by atoms with Crippen LogP contribution in [0, 0.1) is 6.92 Å². The van der Waals surface area contributed by atoms with Gasteiger partial charge in [-0.15, -0.1) is 0 Å². The monoisotopic (exact) mass is 487 g/mol. The first-order chi connectivity index (χ1) is 17.0. The molecule has 3 heterocycles. The van der Waals surface area contributed by atoms with Crippen molar-refractivity contribution in [2.75, 3.05) is 19.6 Å². The van der Waals surface area contributed by atoms with E-state index in [-0.39, 0.29) is 17.7 Å². The minimum atomic E-state index is -0.390. The lowest BCUT2D eigenvalue weighted by atomic mass is 10.1. The molecule has 0 spiro atoms. The Hall–Kier alpha value is -3.32. The highest BCUT2D eigenvalue weighted by molar-refractivity contribution is 8.18. The lowest BCUT2D eigenvalue weighted by molar-refractivity contribution is -0.135. The number of carbonyl (C=O) groups is 3. The number of hydrogen-bond acceptors (Lipinski definition) is 4. The van der Waals surface area contributed by atoms with Gasteiger partial charge in [-0.05, 0) is 49.2 Å². The van der Waals surface area contributed by atoms with Crippen LogP contribution in [0.3, 0.4) is 0 Å². The van der Waals surface area contributed by atoms with Crippen LogP contribution in [0.2, 0.25) is 0 Å². The van der Waals surface area contributed by atoms with E-state index in [0.29, 0.717) is 24.5 Å². The van der Waals surface area contributed by atoms with Crippen LogP contribution >= 0.6 is 11.8 Å². The Morgan fingerprint density at radius 3 is 2.43 bits per heavy atom. The van der Waals surface area contributed by atoms with Crippen molar-refractivity contribution < 1.29 is 14.4 Å². The van der Waals surface area contributed by atoms with E-state index in [0.717, 1.165) is 58.8 Å². The summed E-state index contributed by atoms with van der Waals surface area (Å²) in [5, 5.41) is 0.639. The molecule has 2 fully saturated rings. The number of hydrogen-bond donors (Lipinski definition) is 0. The van der Waals surface area contributed by atoms with Gasteiger partial charge >= 0.3 is 0 Å². The molecule has 0 bridgehead atoms. The number of aryl methyl sites for hydroxylation is 1. The topological polar surface area (TPSA) is 62.6 Å². The van der Waals surface area contributed by atoms with Gasteiger partial charge in [0.1, 0.15) is 6.54 Å². The zero-order chi connectivity index (χ0) is 24.4. The van der Waals surface area contributed by atoms with Crippen LogP contribution in [-0.2, 0) is 16.1 Å². The first kappa shape index (κ1) is 23.4. The van der Waals surface area contributed by atoms with E-state index in [1.807, 2.05) is 24.4 Å². The third-order valence-electron chi connectivity index (χ3n) is 6.71. The maximum Gasteiger partial charge on any atom is 0.294 e. The Bertz CT molecular complexity index is 1300. The fourth-order valence-corrected chi connectivity index (χ4v) is 5.57. The molecule has 2 saturated heterocycles. The molecule has 3 amide bonds. The van der Waals surface area contributed by atoms with Gasteiger partial charge in [0.15, 0.2) is 0 Å². The number of aromatic nitrogens is 1. The Morgan fingerprint density at radius 1 is 0.971 bits per heavy atom. The summed E-state index contributed by atoms with van der Waals surface area (Å²) >= 11 is 0.911. The van der Waals surface area contributed by atoms with Crippen LogP contribution in [0.1, 0.15) is 42.4 Å². The van der Waals surface area contributed by atoms with Crippen molar-refractivity contribution in [3.63, 3.8) is 0 Å². The van der Waals surface area contributed by atoms with E-state index in [9.17, 15) is 14.4 Å². The first-order valence-electron chi connectivity index (χ1n) is 12.2. The Morgan fingerprint density at radius 2 is 1.69 bits per heavy atom. The van der Waals surface area contributed by atoms with Crippen LogP contribution in [0.15, 0.2) is 59.6 Å². The summed E-state index contributed by atoms with van der Waals surface area (Å²) in [6.45, 7) is 4.00. The molecule has 3 aromatic rings. The number of benzene rings is 2. The highest BCUT2D eigenvalue weighted by Crippen LogP contribution is 2.34. The van der Waals surface area contributed by atoms with Gasteiger partial charge in [-0.25, -0.2) is 0 Å². The Balaban J connectivity index is 1.38. The van der Waals surface area contributed by atoms with E-state index in [4.69, 9.17) is 0 Å². The smallest absolute Gasteiger partial charge is 0.294 e. The van der Waals surface area contributed by atoms with Crippen LogP contribution in [0.5, 0.6) is 0 Å². The first-order valence-corrected chi connectivity index (χ1v) is 13.0. The van der Waals surface area contributed by atoms with Crippen LogP contribution in [0.4, 0.5) is 4.79 Å². The molecular weight excluding hydrogens is 458 g/mol. The largest absolute Gasteiger partial charge is 0.342 e. The summed E-state index contributed by atoms with van der Waals surface area (Å²) in [7, 11) is 0. The number of thioether (sulfide) groups is 1. The molecule has 0 N–H and O–H groups in total. The molecule has 0 atom stereocenters. The molecule has 180 valence electrons. The number of imide groups is 1. The highest BCUT2D eigenvalue weighted by atomic mass is 32.2. The van der Waals surface area contributed by atoms with Crippen molar-refractivity contribution >= 4 is 45.8 Å². The molecule has 0 aliphatic carbocycles. The van der Waals surface area contributed by atoms with E-state index < -0.39 is 5.91 Å². The number of para-hydroxylation sites is 1. The second kappa shape index (κ2) is 10.1. The van der Waals surface area contributed by atoms with Crippen molar-refractivity contribution in [3.8, 4) is 0 Å². The van der Waals surface area contributed by atoms with Gasteiger partial charge in [-0.1, -0.05) is 60.9 Å². The van der Waals surface area contributed by atoms with Gasteiger partial charge in [-0.3, -0.25) is 19.3 Å². The summed E-state index contributed by atoms with van der Waals surface area (Å²) in [5.41, 5.74) is 4.36. The van der Waals surface area contributed by atoms with Crippen molar-refractivity contribution in [3.05, 3.63) is 76.3 Å². The standard InChI is InChI=1S/C28H29N3O3S/c1-20-10-12-21(13-11-20)17-30-18-22(23-8-4-5-9-24(23)30)16-25-27(33)31(28(34)35-25)19-26(32)29-14-6-2-3-7-15-29/h4-5,8-13,16,18H,2-3,6-7,14-15,17,19H2,1H3. The number of fused-ring (bicyclic) bond motifs is 1. The van der Waals surface area contributed by atoms with Gasteiger partial charge in [-0.2, -0.15) is 0 Å². The predicted molar refractivity (Wildman–Crippen MR) is 140 cm³/mol. The van der Waals surface area contributed by atoms with Crippen LogP contribution < -0.4 is 0 Å². The third-order valence-corrected chi connectivity index (χ3v) is 7.61. The molecule has 0 unspecified atom stereocenters. The van der Waals surface area contributed by atoms with E-state index in [1.165, 1.54) is 11.1 Å². The second-order valence-electron chi connectivity index (χ2n) is 9.28. The molecule has 35 heavy (non-hydrogen) atoms. The SMILES string of the molecule is Cc1ccc(Cn2cc(C=C3SC(=O)N(CC(=O)N4CCCCCC4)C3=O)c3ccccc32)cc1. The van der Waals surface area contributed by atoms with Gasteiger partial charge in [0.2, 0.25) is 5.91 Å². The van der Waals surface area contributed by atoms with Gasteiger partial charge in [0, 0.05) is 42.3 Å². The molecule has 7 heteroatoms. The molecule has 6 nitrogen and oxygen atoms in total. The van der Waals surface area contributed by atoms with Crippen molar-refractivity contribution in [2.24, 2.45) is 0 Å². The molecule has 2 aliphatic heterocycles. The molecule has 5 rings (SSSR count). The highest BCUT2D eigenvalue weighted by Gasteiger charge is 2.37. The number of likely N-dealkylation sites (tertiary alicyclic amines) is 1. The zero-order valence-electron chi connectivity index (χ0n) is 19.9. The number of carbonyl (C=O) groups excluding carboxylic acids is 3. The molecule has 0 radical (unpaired) electrons. The summed E-state index contributed by atoms with van der Waals surface area (Å²) in [6, 6.07) is 16.5. The lowest BCUT2D eigenvalue weighted by Gasteiger charge is -2.22. The van der Waals surface area contributed by atoms with Crippen LogP contribution in [-0.4, -0.2) is 51.1 Å². The van der Waals surface area contributed by atoms with Crippen molar-refractivity contribution in [1.82, 2.24) is 14.4 Å². The summed E-state index contributed by atoms with van der Waals surface area (Å²) in [4.78, 5) is 41.8. The number of rotatable bonds is 5. The average molecular weight is 488 g/mol. The van der Waals surface area contributed by atoms with E-state index in [1.54, 1.807) is 11.0 Å². The van der Waals surface area contributed by atoms with Crippen molar-refractivity contribution in [1.29, 1.82) is 0 Å². The van der Waals surface area contributed by atoms with E-state index >= 15 is 0 Å². The second-order valence-corrected chi connectivity index (χ2v) is 10.3. The normalized spacial score (nSPS) is 18.0. The predicted octanol–water partition coefficient (Wildman–Crippen LogP) is 5.44. The van der Waals surface area contributed by atoms with Gasteiger partial charge in [0.05, 0.1) is 4.91 Å². The average Bonchev–Trinajstić information content (AvgIpc) is 3.16. The summed E-state index contributed by atoms with van der Waals surface area (Å²) in [6.07, 6.45) is 7.99. The van der Waals surface area contributed by atoms with Gasteiger partial charge in [0.25, 0.3) is 11.1 Å². The van der Waals surface area contributed by atoms with Crippen molar-refractivity contribution in [2.45, 2.75) is 39.2 Å². The summed E-state index contributed by atoms with van der Waals surface area (Å²) in [5.74, 6) is -0.538. The molecule has 2 aromatic carbocycles. The molecule has 2 aliphatic rings. The fourth-order valence-electron chi connectivity index (χ4n) is 4.74. The zero-order valence-corrected chi connectivity index (χ0v) is 20.7. The number of nitrogens with zero attached hydrogens (tertiary/aromatic N) is 3. The third kappa shape index (κ3) is 5.05. The molecule has 1 aromatic heterocycles. The fraction of sp³-hybridized carbons (Fsp3) is 0.321. The lowest BCUT2D eigenvalue weighted by Crippen LogP contribution is -2.42. The maximum atomic E-state index is 13.1. The Kier molecular flexibility index (Phi) is 6.77. The minimum Gasteiger partial charge on any atom is -0.342 e. The number of amides is 3. The van der Waals surface area contributed by atoms with Crippen LogP contribution in [0.25, 0.3) is 17.0 Å². The quantitative estimate of drug-likeness (QED) is 0.450. The maximum absolute atomic E-state index is 13.1. The Labute approximate surface area is 209 Å². The molecular formula is C28H29N3O3S. The minimum absolute atomic E-state index is 0.148. The van der Waals surface area contributed by atoms with E-state index in [2.05, 4.69) is 41.8 Å². The molecule has 0 saturated carbocycles.